The second-order valence-corrected chi connectivity index (χ2v) is 13.5. The molecular weight excluding hydrogens is 558 g/mol. The molecule has 0 aromatic heterocycles. The minimum atomic E-state index is -0.926. The van der Waals surface area contributed by atoms with Crippen LogP contribution in [0.25, 0.3) is 0 Å². The molecule has 0 aromatic rings. The number of allylic oxidation sites excluding steroid dienone is 3. The van der Waals surface area contributed by atoms with Gasteiger partial charge in [0.25, 0.3) is 0 Å². The molecule has 0 rings (SSSR count). The fourth-order valence-corrected chi connectivity index (χ4v) is 5.92. The van der Waals surface area contributed by atoms with Crippen LogP contribution in [-0.2, 0) is 4.79 Å². The molecule has 0 aliphatic heterocycles. The van der Waals surface area contributed by atoms with E-state index < -0.39 is 18.2 Å². The van der Waals surface area contributed by atoms with E-state index in [-0.39, 0.29) is 18.9 Å². The highest BCUT2D eigenvalue weighted by Gasteiger charge is 2.20. The number of hydrogen-bond acceptors (Lipinski definition) is 4. The van der Waals surface area contributed by atoms with Crippen LogP contribution in [0.4, 0.5) is 0 Å². The fourth-order valence-electron chi connectivity index (χ4n) is 5.92. The number of carbonyl (C=O) groups excluding carboxylic acids is 1. The average Bonchev–Trinajstić information content (AvgIpc) is 3.03. The summed E-state index contributed by atoms with van der Waals surface area (Å²) in [6, 6.07) is -0.742. The molecule has 0 aliphatic rings. The molecule has 3 atom stereocenters. The van der Waals surface area contributed by atoms with Crippen molar-refractivity contribution in [2.24, 2.45) is 0 Å². The molecule has 0 spiro atoms. The molecule has 5 heteroatoms. The van der Waals surface area contributed by atoms with Crippen LogP contribution in [0, 0.1) is 0 Å². The second-order valence-electron chi connectivity index (χ2n) is 13.5. The molecule has 0 fully saturated rings. The molecule has 4 N–H and O–H groups in total. The lowest BCUT2D eigenvalue weighted by Gasteiger charge is -2.21. The van der Waals surface area contributed by atoms with Crippen LogP contribution in [0.1, 0.15) is 200 Å². The highest BCUT2D eigenvalue weighted by molar-refractivity contribution is 5.76. The molecule has 0 aromatic carbocycles. The average molecular weight is 636 g/mol. The fraction of sp³-hybridized carbons (Fsp3) is 0.875. The minimum Gasteiger partial charge on any atom is -0.394 e. The van der Waals surface area contributed by atoms with Gasteiger partial charge in [-0.05, 0) is 44.9 Å². The van der Waals surface area contributed by atoms with E-state index in [1.165, 1.54) is 135 Å². The number of nitrogens with one attached hydrogen (secondary N) is 1. The Morgan fingerprint density at radius 2 is 0.933 bits per heavy atom. The number of unbranched alkanes of at least 4 members (excludes halogenated alkanes) is 24. The number of aliphatic hydroxyl groups excluding tert-OH is 3. The number of amides is 1. The van der Waals surface area contributed by atoms with E-state index in [4.69, 9.17) is 0 Å². The van der Waals surface area contributed by atoms with E-state index in [1.807, 2.05) is 6.08 Å². The molecule has 45 heavy (non-hydrogen) atoms. The predicted octanol–water partition coefficient (Wildman–Crippen LogP) is 10.7. The number of aliphatic hydroxyl groups is 3. The first-order valence-corrected chi connectivity index (χ1v) is 19.6. The van der Waals surface area contributed by atoms with Crippen molar-refractivity contribution < 1.29 is 20.1 Å². The molecule has 0 radical (unpaired) electrons. The van der Waals surface area contributed by atoms with Crippen molar-refractivity contribution in [3.05, 3.63) is 24.3 Å². The maximum Gasteiger partial charge on any atom is 0.222 e. The van der Waals surface area contributed by atoms with Gasteiger partial charge < -0.3 is 20.6 Å². The van der Waals surface area contributed by atoms with Gasteiger partial charge in [0.2, 0.25) is 5.91 Å². The Morgan fingerprint density at radius 3 is 1.36 bits per heavy atom. The monoisotopic (exact) mass is 636 g/mol. The minimum absolute atomic E-state index is 0.00904. The van der Waals surface area contributed by atoms with Crippen LogP contribution in [0.5, 0.6) is 0 Å². The smallest absolute Gasteiger partial charge is 0.222 e. The summed E-state index contributed by atoms with van der Waals surface area (Å²) in [7, 11) is 0. The summed E-state index contributed by atoms with van der Waals surface area (Å²) in [4.78, 5) is 12.4. The zero-order valence-corrected chi connectivity index (χ0v) is 30.0. The SMILES string of the molecule is CCCCCCCCCC/C=C/C(O)C(CO)NC(=O)CC(O)CCCCCCC/C=C\CCCCCCCCCCCCC. The lowest BCUT2D eigenvalue weighted by atomic mass is 10.0. The largest absolute Gasteiger partial charge is 0.394 e. The Bertz CT molecular complexity index is 665. The molecular formula is C40H77NO4. The number of carbonyl (C=O) groups is 1. The third-order valence-corrected chi connectivity index (χ3v) is 8.98. The van der Waals surface area contributed by atoms with E-state index in [0.29, 0.717) is 6.42 Å². The van der Waals surface area contributed by atoms with Crippen LogP contribution < -0.4 is 5.32 Å². The van der Waals surface area contributed by atoms with Crippen LogP contribution in [-0.4, -0.2) is 46.1 Å². The van der Waals surface area contributed by atoms with Crippen LogP contribution in [0.15, 0.2) is 24.3 Å². The highest BCUT2D eigenvalue weighted by Crippen LogP contribution is 2.14. The molecule has 0 heterocycles. The van der Waals surface area contributed by atoms with Gasteiger partial charge in [-0.25, -0.2) is 0 Å². The van der Waals surface area contributed by atoms with Gasteiger partial charge in [-0.1, -0.05) is 173 Å². The lowest BCUT2D eigenvalue weighted by molar-refractivity contribution is -0.124. The summed E-state index contributed by atoms with van der Waals surface area (Å²) in [5.74, 6) is -0.322. The third kappa shape index (κ3) is 32.6. The van der Waals surface area contributed by atoms with Gasteiger partial charge in [0.15, 0.2) is 0 Å². The third-order valence-electron chi connectivity index (χ3n) is 8.98. The van der Waals surface area contributed by atoms with Crippen LogP contribution >= 0.6 is 0 Å². The van der Waals surface area contributed by atoms with Crippen molar-refractivity contribution >= 4 is 5.91 Å². The van der Waals surface area contributed by atoms with Gasteiger partial charge in [-0.15, -0.1) is 0 Å². The molecule has 266 valence electrons. The molecule has 0 aliphatic carbocycles. The normalized spacial score (nSPS) is 14.0. The summed E-state index contributed by atoms with van der Waals surface area (Å²) in [5.41, 5.74) is 0. The summed E-state index contributed by atoms with van der Waals surface area (Å²) >= 11 is 0. The number of hydrogen-bond donors (Lipinski definition) is 4. The van der Waals surface area contributed by atoms with E-state index in [1.54, 1.807) is 6.08 Å². The quantitative estimate of drug-likeness (QED) is 0.0412. The first-order chi connectivity index (χ1) is 22.0. The predicted molar refractivity (Wildman–Crippen MR) is 195 cm³/mol. The lowest BCUT2D eigenvalue weighted by Crippen LogP contribution is -2.45. The Balaban J connectivity index is 3.67. The Hall–Kier alpha value is -1.17. The molecule has 3 unspecified atom stereocenters. The summed E-state index contributed by atoms with van der Waals surface area (Å²) < 4.78 is 0. The zero-order chi connectivity index (χ0) is 33.1. The molecule has 0 saturated carbocycles. The Labute approximate surface area is 280 Å². The maximum atomic E-state index is 12.4. The van der Waals surface area contributed by atoms with Crippen LogP contribution in [0.2, 0.25) is 0 Å². The first-order valence-electron chi connectivity index (χ1n) is 19.6. The molecule has 1 amide bonds. The molecule has 5 nitrogen and oxygen atoms in total. The molecule has 0 saturated heterocycles. The van der Waals surface area contributed by atoms with E-state index in [9.17, 15) is 20.1 Å². The highest BCUT2D eigenvalue weighted by atomic mass is 16.3. The van der Waals surface area contributed by atoms with Gasteiger partial charge in [0, 0.05) is 0 Å². The summed E-state index contributed by atoms with van der Waals surface area (Å²) in [6.07, 6.45) is 41.7. The van der Waals surface area contributed by atoms with Crippen molar-refractivity contribution in [1.82, 2.24) is 5.32 Å². The number of rotatable bonds is 35. The molecule has 0 bridgehead atoms. The van der Waals surface area contributed by atoms with Crippen molar-refractivity contribution in [2.45, 2.75) is 218 Å². The van der Waals surface area contributed by atoms with Gasteiger partial charge in [-0.3, -0.25) is 4.79 Å². The second kappa shape index (κ2) is 35.7. The van der Waals surface area contributed by atoms with Gasteiger partial charge >= 0.3 is 0 Å². The van der Waals surface area contributed by atoms with E-state index in [0.717, 1.165) is 38.5 Å². The van der Waals surface area contributed by atoms with Crippen molar-refractivity contribution in [3.8, 4) is 0 Å². The van der Waals surface area contributed by atoms with Gasteiger partial charge in [0.05, 0.1) is 31.3 Å². The topological polar surface area (TPSA) is 89.8 Å². The van der Waals surface area contributed by atoms with Gasteiger partial charge in [-0.2, -0.15) is 0 Å². The van der Waals surface area contributed by atoms with E-state index >= 15 is 0 Å². The standard InChI is InChI=1S/C40H77NO4/c1-3-5-7-9-11-13-15-16-17-18-19-20-21-22-23-24-25-27-29-31-33-37(43)35-40(45)41-38(36-42)39(44)34-32-30-28-26-14-12-10-8-6-4-2/h21-22,32,34,37-39,42-44H,3-20,23-31,33,35-36H2,1-2H3,(H,41,45)/b22-21-,34-32+. The van der Waals surface area contributed by atoms with Crippen molar-refractivity contribution in [3.63, 3.8) is 0 Å². The first kappa shape index (κ1) is 43.8. The van der Waals surface area contributed by atoms with Crippen molar-refractivity contribution in [1.29, 1.82) is 0 Å². The zero-order valence-electron chi connectivity index (χ0n) is 30.0. The maximum absolute atomic E-state index is 12.4. The van der Waals surface area contributed by atoms with E-state index in [2.05, 4.69) is 31.3 Å². The van der Waals surface area contributed by atoms with Crippen molar-refractivity contribution in [2.75, 3.05) is 6.61 Å². The van der Waals surface area contributed by atoms with Crippen LogP contribution in [0.3, 0.4) is 0 Å². The Kier molecular flexibility index (Phi) is 34.8. The Morgan fingerprint density at radius 1 is 0.556 bits per heavy atom. The summed E-state index contributed by atoms with van der Waals surface area (Å²) in [6.45, 7) is 4.18. The van der Waals surface area contributed by atoms with Gasteiger partial charge in [0.1, 0.15) is 0 Å². The summed E-state index contributed by atoms with van der Waals surface area (Å²) in [5, 5.41) is 33.0.